The van der Waals surface area contributed by atoms with Crippen LogP contribution in [0.25, 0.3) is 0 Å². The summed E-state index contributed by atoms with van der Waals surface area (Å²) in [6, 6.07) is 19.5. The topological polar surface area (TPSA) is 17.1 Å². The standard InChI is InChI=1S/C19H16O/c20-18(16-10-4-1-5-11-16)19(14-8-3-9-15-19)17-12-6-2-7-13-17/h1-14H,15H2. The van der Waals surface area contributed by atoms with Gasteiger partial charge in [0, 0.05) is 5.56 Å². The maximum Gasteiger partial charge on any atom is 0.177 e. The predicted octanol–water partition coefficient (Wildman–Crippen LogP) is 4.32. The molecule has 2 aromatic rings. The molecule has 1 unspecified atom stereocenters. The number of carbonyl (C=O) groups is 1. The predicted molar refractivity (Wildman–Crippen MR) is 81.8 cm³/mol. The fraction of sp³-hybridized carbons (Fsp3) is 0.105. The first kappa shape index (κ1) is 12.6. The van der Waals surface area contributed by atoms with Gasteiger partial charge in [-0.25, -0.2) is 0 Å². The number of hydrogen-bond acceptors (Lipinski definition) is 1. The molecule has 1 atom stereocenters. The lowest BCUT2D eigenvalue weighted by Gasteiger charge is -2.30. The van der Waals surface area contributed by atoms with Gasteiger partial charge in [-0.05, 0) is 12.0 Å². The number of ketones is 1. The van der Waals surface area contributed by atoms with Gasteiger partial charge in [0.15, 0.2) is 5.78 Å². The van der Waals surface area contributed by atoms with E-state index in [1.165, 1.54) is 0 Å². The second-order valence-electron chi connectivity index (χ2n) is 5.02. The first-order valence-electron chi connectivity index (χ1n) is 6.83. The zero-order chi connectivity index (χ0) is 13.8. The largest absolute Gasteiger partial charge is 0.293 e. The number of hydrogen-bond donors (Lipinski definition) is 0. The van der Waals surface area contributed by atoms with Crippen molar-refractivity contribution in [1.82, 2.24) is 0 Å². The van der Waals surface area contributed by atoms with Crippen molar-refractivity contribution in [3.05, 3.63) is 96.1 Å². The Morgan fingerprint density at radius 1 is 0.850 bits per heavy atom. The smallest absolute Gasteiger partial charge is 0.177 e. The lowest BCUT2D eigenvalue weighted by Crippen LogP contribution is -2.34. The summed E-state index contributed by atoms with van der Waals surface area (Å²) in [5, 5.41) is 0. The van der Waals surface area contributed by atoms with E-state index in [1.54, 1.807) is 0 Å². The third-order valence-electron chi connectivity index (χ3n) is 3.80. The molecule has 0 aromatic heterocycles. The molecule has 98 valence electrons. The Morgan fingerprint density at radius 2 is 1.50 bits per heavy atom. The highest BCUT2D eigenvalue weighted by Gasteiger charge is 2.37. The SMILES string of the molecule is O=C(c1ccccc1)C1(c2ccccc2)C=CC=CC1. The van der Waals surface area contributed by atoms with Gasteiger partial charge in [-0.15, -0.1) is 0 Å². The van der Waals surface area contributed by atoms with Crippen molar-refractivity contribution in [2.45, 2.75) is 11.8 Å². The Bertz CT molecular complexity index is 653. The average Bonchev–Trinajstić information content (AvgIpc) is 2.56. The first-order valence-corrected chi connectivity index (χ1v) is 6.83. The summed E-state index contributed by atoms with van der Waals surface area (Å²) in [7, 11) is 0. The molecule has 0 saturated carbocycles. The summed E-state index contributed by atoms with van der Waals surface area (Å²) in [6.45, 7) is 0. The molecule has 0 radical (unpaired) electrons. The van der Waals surface area contributed by atoms with Crippen molar-refractivity contribution < 1.29 is 4.79 Å². The van der Waals surface area contributed by atoms with Crippen molar-refractivity contribution in [3.63, 3.8) is 0 Å². The maximum absolute atomic E-state index is 13.0. The zero-order valence-corrected chi connectivity index (χ0v) is 11.2. The lowest BCUT2D eigenvalue weighted by molar-refractivity contribution is 0.0917. The van der Waals surface area contributed by atoms with Gasteiger partial charge in [0.2, 0.25) is 0 Å². The Morgan fingerprint density at radius 3 is 2.10 bits per heavy atom. The summed E-state index contributed by atoms with van der Waals surface area (Å²) in [6.07, 6.45) is 8.77. The van der Waals surface area contributed by atoms with Crippen LogP contribution in [0.1, 0.15) is 22.3 Å². The Hall–Kier alpha value is -2.41. The monoisotopic (exact) mass is 260 g/mol. The van der Waals surface area contributed by atoms with Gasteiger partial charge in [0.05, 0.1) is 5.41 Å². The van der Waals surface area contributed by atoms with E-state index in [0.717, 1.165) is 11.1 Å². The second-order valence-corrected chi connectivity index (χ2v) is 5.02. The number of allylic oxidation sites excluding steroid dienone is 4. The Balaban J connectivity index is 2.10. The molecule has 2 aromatic carbocycles. The molecule has 0 fully saturated rings. The van der Waals surface area contributed by atoms with E-state index in [1.807, 2.05) is 78.9 Å². The van der Waals surface area contributed by atoms with Crippen molar-refractivity contribution in [2.24, 2.45) is 0 Å². The van der Waals surface area contributed by atoms with E-state index in [2.05, 4.69) is 6.08 Å². The van der Waals surface area contributed by atoms with Crippen LogP contribution >= 0.6 is 0 Å². The lowest BCUT2D eigenvalue weighted by atomic mass is 9.70. The fourth-order valence-corrected chi connectivity index (χ4v) is 2.72. The molecule has 1 nitrogen and oxygen atoms in total. The molecule has 0 bridgehead atoms. The van der Waals surface area contributed by atoms with Crippen LogP contribution in [-0.4, -0.2) is 5.78 Å². The summed E-state index contributed by atoms with van der Waals surface area (Å²) >= 11 is 0. The van der Waals surface area contributed by atoms with E-state index < -0.39 is 5.41 Å². The molecule has 1 aliphatic rings. The zero-order valence-electron chi connectivity index (χ0n) is 11.2. The molecule has 0 saturated heterocycles. The van der Waals surface area contributed by atoms with Gasteiger partial charge in [0.25, 0.3) is 0 Å². The summed E-state index contributed by atoms with van der Waals surface area (Å²) in [5.41, 5.74) is 1.24. The van der Waals surface area contributed by atoms with E-state index in [4.69, 9.17) is 0 Å². The van der Waals surface area contributed by atoms with Crippen LogP contribution in [0.2, 0.25) is 0 Å². The van der Waals surface area contributed by atoms with Crippen molar-refractivity contribution in [1.29, 1.82) is 0 Å². The van der Waals surface area contributed by atoms with Gasteiger partial charge in [-0.2, -0.15) is 0 Å². The van der Waals surface area contributed by atoms with Gasteiger partial charge < -0.3 is 0 Å². The van der Waals surface area contributed by atoms with Crippen LogP contribution in [0.15, 0.2) is 85.0 Å². The van der Waals surface area contributed by atoms with Crippen molar-refractivity contribution in [2.75, 3.05) is 0 Å². The number of rotatable bonds is 3. The van der Waals surface area contributed by atoms with Crippen LogP contribution in [0.5, 0.6) is 0 Å². The minimum atomic E-state index is -0.572. The fourth-order valence-electron chi connectivity index (χ4n) is 2.72. The van der Waals surface area contributed by atoms with Crippen LogP contribution in [0, 0.1) is 0 Å². The van der Waals surface area contributed by atoms with Crippen LogP contribution in [0.4, 0.5) is 0 Å². The van der Waals surface area contributed by atoms with Crippen LogP contribution < -0.4 is 0 Å². The van der Waals surface area contributed by atoms with E-state index in [-0.39, 0.29) is 5.78 Å². The molecule has 3 rings (SSSR count). The maximum atomic E-state index is 13.0. The minimum absolute atomic E-state index is 0.157. The molecule has 0 spiro atoms. The minimum Gasteiger partial charge on any atom is -0.293 e. The highest BCUT2D eigenvalue weighted by atomic mass is 16.1. The van der Waals surface area contributed by atoms with E-state index >= 15 is 0 Å². The normalized spacial score (nSPS) is 20.8. The van der Waals surface area contributed by atoms with E-state index in [9.17, 15) is 4.79 Å². The third-order valence-corrected chi connectivity index (χ3v) is 3.80. The second kappa shape index (κ2) is 5.30. The van der Waals surface area contributed by atoms with Gasteiger partial charge >= 0.3 is 0 Å². The molecule has 0 heterocycles. The van der Waals surface area contributed by atoms with Crippen molar-refractivity contribution >= 4 is 5.78 Å². The molecule has 1 aliphatic carbocycles. The highest BCUT2D eigenvalue weighted by molar-refractivity contribution is 6.06. The number of benzene rings is 2. The molecule has 20 heavy (non-hydrogen) atoms. The summed E-state index contributed by atoms with van der Waals surface area (Å²) in [4.78, 5) is 13.0. The Kier molecular flexibility index (Phi) is 3.34. The van der Waals surface area contributed by atoms with Crippen LogP contribution in [-0.2, 0) is 5.41 Å². The molecule has 1 heteroatoms. The molecular weight excluding hydrogens is 244 g/mol. The molecule has 0 amide bonds. The molecule has 0 N–H and O–H groups in total. The molecular formula is C19H16O. The van der Waals surface area contributed by atoms with Gasteiger partial charge in [-0.1, -0.05) is 85.0 Å². The quantitative estimate of drug-likeness (QED) is 0.751. The van der Waals surface area contributed by atoms with Crippen molar-refractivity contribution in [3.8, 4) is 0 Å². The number of Topliss-reactive ketones (excluding diaryl/α,β-unsaturated/α-hetero) is 1. The van der Waals surface area contributed by atoms with Crippen LogP contribution in [0.3, 0.4) is 0 Å². The summed E-state index contributed by atoms with van der Waals surface area (Å²) < 4.78 is 0. The Labute approximate surface area is 119 Å². The third kappa shape index (κ3) is 2.12. The highest BCUT2D eigenvalue weighted by Crippen LogP contribution is 2.36. The number of carbonyl (C=O) groups excluding carboxylic acids is 1. The van der Waals surface area contributed by atoms with E-state index in [0.29, 0.717) is 6.42 Å². The molecule has 0 aliphatic heterocycles. The summed E-state index contributed by atoms with van der Waals surface area (Å²) in [5.74, 6) is 0.157. The average molecular weight is 260 g/mol. The first-order chi connectivity index (χ1) is 9.83. The van der Waals surface area contributed by atoms with Gasteiger partial charge in [-0.3, -0.25) is 4.79 Å². The van der Waals surface area contributed by atoms with Gasteiger partial charge in [0.1, 0.15) is 0 Å².